The molecule has 50 heavy (non-hydrogen) atoms. The van der Waals surface area contributed by atoms with Gasteiger partial charge in [-0.2, -0.15) is 13.1 Å². The number of hydrogen-bond acceptors (Lipinski definition) is 9. The number of aromatic amines is 1. The Labute approximate surface area is 299 Å². The number of H-pyrrole nitrogens is 1. The average molecular weight is 781 g/mol. The number of esters is 1. The summed E-state index contributed by atoms with van der Waals surface area (Å²) >= 11 is 12.9. The van der Waals surface area contributed by atoms with Crippen LogP contribution in [0.2, 0.25) is 10.0 Å². The Morgan fingerprint density at radius 3 is 2.30 bits per heavy atom. The second-order valence-corrected chi connectivity index (χ2v) is 16.8. The van der Waals surface area contributed by atoms with Crippen molar-refractivity contribution >= 4 is 49.2 Å². The molecule has 1 saturated carbocycles. The first kappa shape index (κ1) is 39.7. The molecule has 0 amide bonds. The number of rotatable bonds is 14. The smallest absolute Gasteiger partial charge is 0.387 e. The molecule has 1 saturated heterocycles. The molecule has 18 heteroatoms. The number of halogens is 4. The van der Waals surface area contributed by atoms with Crippen molar-refractivity contribution < 1.29 is 55.1 Å². The van der Waals surface area contributed by atoms with Crippen LogP contribution in [-0.2, 0) is 36.0 Å². The van der Waals surface area contributed by atoms with E-state index >= 15 is 0 Å². The predicted molar refractivity (Wildman–Crippen MR) is 178 cm³/mol. The summed E-state index contributed by atoms with van der Waals surface area (Å²) in [5.41, 5.74) is 0.757. The van der Waals surface area contributed by atoms with E-state index in [9.17, 15) is 30.4 Å². The van der Waals surface area contributed by atoms with Gasteiger partial charge in [0.05, 0.1) is 16.4 Å². The van der Waals surface area contributed by atoms with Crippen LogP contribution in [0.15, 0.2) is 64.6 Å². The van der Waals surface area contributed by atoms with Crippen molar-refractivity contribution in [2.24, 2.45) is 5.92 Å². The minimum Gasteiger partial charge on any atom is -0.870 e. The number of alkyl halides is 2. The number of carbonyl (C=O) groups is 1. The van der Waals surface area contributed by atoms with E-state index in [1.165, 1.54) is 62.9 Å². The second kappa shape index (κ2) is 16.5. The summed E-state index contributed by atoms with van der Waals surface area (Å²) in [6, 6.07) is 7.88. The summed E-state index contributed by atoms with van der Waals surface area (Å²) in [4.78, 5) is 16.3. The van der Waals surface area contributed by atoms with Gasteiger partial charge in [0, 0.05) is 32.6 Å². The van der Waals surface area contributed by atoms with E-state index in [1.807, 2.05) is 0 Å². The third-order valence-electron chi connectivity index (χ3n) is 8.29. The highest BCUT2D eigenvalue weighted by Crippen LogP contribution is 2.38. The number of nitrogens with one attached hydrogen (secondary N) is 1. The molecule has 2 aliphatic rings. The van der Waals surface area contributed by atoms with Crippen molar-refractivity contribution in [3.8, 4) is 11.5 Å². The van der Waals surface area contributed by atoms with Gasteiger partial charge >= 0.3 is 12.6 Å². The standard InChI is InChI=1S/C32H35Cl2F2N3O8S2.H2O/c1-38(2)48(41,42)22-6-5-7-23(15-22)49(43,44)39-13-4-3-8-27(39)31(40)46-29(16-24-25(33)17-37-18-26(24)34)21-11-12-28(47-32(35)36)30(14-21)45-19-20-9-10-20;/h5-7,11-12,14-15,17-18,20,27,29,32H,3-4,8-10,13,16,19H2,1-2H3;1H2/t27-,29-;/m0./s1. The molecule has 3 aromatic rings. The maximum atomic E-state index is 14.0. The Morgan fingerprint density at radius 1 is 0.980 bits per heavy atom. The number of nitrogens with zero attached hydrogens (tertiary/aromatic N) is 2. The Bertz CT molecular complexity index is 1880. The molecular weight excluding hydrogens is 743 g/mol. The fourth-order valence-corrected chi connectivity index (χ4v) is 8.64. The largest absolute Gasteiger partial charge is 0.870 e. The third kappa shape index (κ3) is 9.21. The molecule has 12 nitrogen and oxygen atoms in total. The van der Waals surface area contributed by atoms with E-state index in [-0.39, 0.29) is 68.7 Å². The first-order valence-electron chi connectivity index (χ1n) is 15.5. The topological polar surface area (TPSA) is 164 Å². The third-order valence-corrected chi connectivity index (χ3v) is 12.7. The van der Waals surface area contributed by atoms with Crippen LogP contribution in [0.1, 0.15) is 49.3 Å². The summed E-state index contributed by atoms with van der Waals surface area (Å²) in [6.45, 7) is -2.84. The summed E-state index contributed by atoms with van der Waals surface area (Å²) in [5.74, 6) is -0.747. The van der Waals surface area contributed by atoms with E-state index in [4.69, 9.17) is 32.7 Å². The first-order chi connectivity index (χ1) is 23.2. The van der Waals surface area contributed by atoms with Crippen LogP contribution in [0, 0.1) is 5.92 Å². The fraction of sp³-hybridized carbons (Fsp3) is 0.438. The molecule has 2 heterocycles. The number of carbonyl (C=O) groups excluding carboxylic acids is 1. The van der Waals surface area contributed by atoms with E-state index in [0.29, 0.717) is 24.0 Å². The highest BCUT2D eigenvalue weighted by atomic mass is 35.5. The molecule has 0 unspecified atom stereocenters. The zero-order valence-corrected chi connectivity index (χ0v) is 30.2. The van der Waals surface area contributed by atoms with Crippen LogP contribution in [0.5, 0.6) is 11.5 Å². The Morgan fingerprint density at radius 2 is 1.66 bits per heavy atom. The lowest BCUT2D eigenvalue weighted by Gasteiger charge is -2.34. The van der Waals surface area contributed by atoms with E-state index < -0.39 is 44.8 Å². The maximum Gasteiger partial charge on any atom is 0.387 e. The predicted octanol–water partition coefficient (Wildman–Crippen LogP) is 5.34. The molecule has 2 N–H and O–H groups in total. The van der Waals surface area contributed by atoms with Gasteiger partial charge in [-0.3, -0.25) is 4.79 Å². The number of sulfonamides is 2. The van der Waals surface area contributed by atoms with Gasteiger partial charge in [-0.1, -0.05) is 35.3 Å². The SMILES string of the molecule is CN(C)S(=O)(=O)c1cccc(S(=O)(=O)N2CCCC[C@H]2C(=O)O[C@@H](Cc2c(Cl)c[nH+]cc2Cl)c2ccc(OC(F)F)c(OCC3CC3)c2)c1.[OH-]. The van der Waals surface area contributed by atoms with Gasteiger partial charge in [-0.15, -0.1) is 0 Å². The molecule has 2 fully saturated rings. The summed E-state index contributed by atoms with van der Waals surface area (Å²) in [7, 11) is -5.66. The van der Waals surface area contributed by atoms with E-state index in [0.717, 1.165) is 27.5 Å². The quantitative estimate of drug-likeness (QED) is 0.197. The van der Waals surface area contributed by atoms with Crippen LogP contribution < -0.4 is 14.5 Å². The number of hydrogen-bond donors (Lipinski definition) is 0. The number of benzene rings is 2. The van der Waals surface area contributed by atoms with Gasteiger partial charge in [0.1, 0.15) is 22.2 Å². The van der Waals surface area contributed by atoms with Crippen molar-refractivity contribution in [1.82, 2.24) is 8.61 Å². The monoisotopic (exact) mass is 779 g/mol. The molecule has 274 valence electrons. The molecule has 0 bridgehead atoms. The van der Waals surface area contributed by atoms with Gasteiger partial charge in [-0.25, -0.2) is 26.1 Å². The molecule has 0 radical (unpaired) electrons. The number of ether oxygens (including phenoxy) is 3. The van der Waals surface area contributed by atoms with E-state index in [2.05, 4.69) is 9.72 Å². The first-order valence-corrected chi connectivity index (χ1v) is 19.1. The minimum absolute atomic E-state index is 0. The maximum absolute atomic E-state index is 14.0. The molecule has 1 aliphatic heterocycles. The second-order valence-electron chi connectivity index (χ2n) is 12.0. The molecule has 2 atom stereocenters. The van der Waals surface area contributed by atoms with Crippen molar-refractivity contribution in [2.75, 3.05) is 27.2 Å². The van der Waals surface area contributed by atoms with Crippen LogP contribution in [-0.4, -0.2) is 76.8 Å². The fourth-order valence-electron chi connectivity index (χ4n) is 5.40. The molecule has 5 rings (SSSR count). The highest BCUT2D eigenvalue weighted by Gasteiger charge is 2.40. The Hall–Kier alpha value is -3.12. The van der Waals surface area contributed by atoms with Crippen molar-refractivity contribution in [3.05, 3.63) is 76.0 Å². The lowest BCUT2D eigenvalue weighted by atomic mass is 10.0. The number of piperidine rings is 1. The lowest BCUT2D eigenvalue weighted by molar-refractivity contribution is -0.377. The molecule has 1 aromatic heterocycles. The van der Waals surface area contributed by atoms with Gasteiger partial charge in [-0.05, 0) is 73.9 Å². The molecule has 2 aromatic carbocycles. The highest BCUT2D eigenvalue weighted by molar-refractivity contribution is 7.90. The summed E-state index contributed by atoms with van der Waals surface area (Å²) < 4.78 is 98.5. The van der Waals surface area contributed by atoms with E-state index in [1.54, 1.807) is 0 Å². The Balaban J connectivity index is 0.00000562. The van der Waals surface area contributed by atoms with Crippen LogP contribution in [0.3, 0.4) is 0 Å². The number of aromatic nitrogens is 1. The molecule has 1 aliphatic carbocycles. The van der Waals surface area contributed by atoms with Gasteiger partial charge in [0.25, 0.3) is 0 Å². The van der Waals surface area contributed by atoms with Gasteiger partial charge in [0.15, 0.2) is 23.9 Å². The van der Waals surface area contributed by atoms with Crippen molar-refractivity contribution in [3.63, 3.8) is 0 Å². The molecular formula is C32H37Cl2F2N3O9S2. The van der Waals surface area contributed by atoms with Gasteiger partial charge in [0.2, 0.25) is 20.0 Å². The van der Waals surface area contributed by atoms with Crippen molar-refractivity contribution in [2.45, 2.75) is 67.1 Å². The Kier molecular flexibility index (Phi) is 13.1. The van der Waals surface area contributed by atoms with Crippen molar-refractivity contribution in [1.29, 1.82) is 0 Å². The molecule has 0 spiro atoms. The van der Waals surface area contributed by atoms with Gasteiger partial charge < -0.3 is 19.7 Å². The summed E-state index contributed by atoms with van der Waals surface area (Å²) in [5, 5.41) is 0.483. The van der Waals surface area contributed by atoms with Crippen LogP contribution in [0.25, 0.3) is 0 Å². The lowest BCUT2D eigenvalue weighted by Crippen LogP contribution is -2.48. The normalized spacial score (nSPS) is 17.6. The summed E-state index contributed by atoms with van der Waals surface area (Å²) in [6.07, 6.45) is 4.83. The average Bonchev–Trinajstić information content (AvgIpc) is 3.90. The zero-order valence-electron chi connectivity index (χ0n) is 27.1. The van der Waals surface area contributed by atoms with Crippen LogP contribution in [0.4, 0.5) is 8.78 Å². The zero-order chi connectivity index (χ0) is 35.5. The number of pyridine rings is 1. The van der Waals surface area contributed by atoms with Crippen LogP contribution >= 0.6 is 23.2 Å². The minimum atomic E-state index is -4.38.